The van der Waals surface area contributed by atoms with Crippen molar-refractivity contribution in [3.8, 4) is 0 Å². The Balaban J connectivity index is 2.08. The number of nitrogens with zero attached hydrogens (tertiary/aromatic N) is 3. The van der Waals surface area contributed by atoms with Crippen molar-refractivity contribution in [2.24, 2.45) is 0 Å². The molecule has 1 aliphatic rings. The average molecular weight is 397 g/mol. The van der Waals surface area contributed by atoms with Crippen LogP contribution >= 0.6 is 11.8 Å². The van der Waals surface area contributed by atoms with Gasteiger partial charge < -0.3 is 19.9 Å². The third kappa shape index (κ3) is 3.76. The second-order valence-electron chi connectivity index (χ2n) is 5.94. The van der Waals surface area contributed by atoms with Crippen LogP contribution in [0.5, 0.6) is 0 Å². The number of esters is 2. The van der Waals surface area contributed by atoms with E-state index in [4.69, 9.17) is 19.9 Å². The van der Waals surface area contributed by atoms with E-state index in [1.54, 1.807) is 0 Å². The summed E-state index contributed by atoms with van der Waals surface area (Å²) in [6.45, 7) is 2.51. The SMILES string of the molecule is CSC[C@H]1O[C@@H](n2cnc3c(=O)[nH]c(N)nc32)[C@H](OC(C)=O)[C@@H]1OC(C)=O. The lowest BCUT2D eigenvalue weighted by Crippen LogP contribution is -2.39. The third-order valence-corrected chi connectivity index (χ3v) is 4.61. The normalized spacial score (nSPS) is 24.9. The molecule has 3 heterocycles. The molecule has 0 bridgehead atoms. The van der Waals surface area contributed by atoms with Crippen molar-refractivity contribution >= 4 is 40.8 Å². The van der Waals surface area contributed by atoms with E-state index in [1.807, 2.05) is 6.26 Å². The molecule has 11 nitrogen and oxygen atoms in total. The maximum absolute atomic E-state index is 12.0. The van der Waals surface area contributed by atoms with Crippen LogP contribution < -0.4 is 11.3 Å². The minimum Gasteiger partial charge on any atom is -0.456 e. The number of rotatable bonds is 5. The summed E-state index contributed by atoms with van der Waals surface area (Å²) in [5.41, 5.74) is 5.36. The molecule has 3 N–H and O–H groups in total. The van der Waals surface area contributed by atoms with Gasteiger partial charge in [-0.2, -0.15) is 16.7 Å². The van der Waals surface area contributed by atoms with Crippen LogP contribution in [-0.4, -0.2) is 61.8 Å². The first-order chi connectivity index (χ1) is 12.8. The summed E-state index contributed by atoms with van der Waals surface area (Å²) in [6.07, 6.45) is 0.0318. The van der Waals surface area contributed by atoms with Gasteiger partial charge in [-0.1, -0.05) is 0 Å². The largest absolute Gasteiger partial charge is 0.456 e. The van der Waals surface area contributed by atoms with Crippen LogP contribution in [0.4, 0.5) is 5.95 Å². The van der Waals surface area contributed by atoms with E-state index in [9.17, 15) is 14.4 Å². The van der Waals surface area contributed by atoms with Gasteiger partial charge in [0.05, 0.1) is 6.33 Å². The maximum Gasteiger partial charge on any atom is 0.303 e. The second kappa shape index (κ2) is 7.56. The Kier molecular flexibility index (Phi) is 5.37. The molecule has 1 saturated heterocycles. The number of hydrogen-bond donors (Lipinski definition) is 2. The lowest BCUT2D eigenvalue weighted by atomic mass is 10.1. The highest BCUT2D eigenvalue weighted by molar-refractivity contribution is 7.98. The minimum atomic E-state index is -0.941. The summed E-state index contributed by atoms with van der Waals surface area (Å²) in [7, 11) is 0. The molecular weight excluding hydrogens is 378 g/mol. The van der Waals surface area contributed by atoms with Crippen LogP contribution in [0, 0.1) is 0 Å². The second-order valence-corrected chi connectivity index (χ2v) is 6.85. The standard InChI is InChI=1S/C15H19N5O6S/c1-6(21)24-10-8(4-27-3)26-14(11(10)25-7(2)22)20-5-17-9-12(20)18-15(16)19-13(9)23/h5,8,10-11,14H,4H2,1-3H3,(H3,16,18,19,23)/t8-,10-,11-,14-/m1/s1. The Labute approximate surface area is 157 Å². The predicted molar refractivity (Wildman–Crippen MR) is 96.0 cm³/mol. The van der Waals surface area contributed by atoms with Crippen LogP contribution in [0.1, 0.15) is 20.1 Å². The van der Waals surface area contributed by atoms with E-state index in [2.05, 4.69) is 15.0 Å². The molecule has 12 heteroatoms. The molecule has 0 radical (unpaired) electrons. The van der Waals surface area contributed by atoms with Crippen molar-refractivity contribution in [1.82, 2.24) is 19.5 Å². The van der Waals surface area contributed by atoms with E-state index < -0.39 is 42.0 Å². The molecule has 2 aromatic heterocycles. The number of thioether (sulfide) groups is 1. The van der Waals surface area contributed by atoms with Crippen LogP contribution in [0.3, 0.4) is 0 Å². The molecule has 0 saturated carbocycles. The topological polar surface area (TPSA) is 151 Å². The fourth-order valence-electron chi connectivity index (χ4n) is 3.01. The maximum atomic E-state index is 12.0. The first-order valence-electron chi connectivity index (χ1n) is 8.03. The van der Waals surface area contributed by atoms with E-state index >= 15 is 0 Å². The molecule has 4 atom stereocenters. The molecule has 3 rings (SSSR count). The number of imidazole rings is 1. The van der Waals surface area contributed by atoms with Gasteiger partial charge in [0.1, 0.15) is 6.10 Å². The van der Waals surface area contributed by atoms with Crippen LogP contribution in [0.15, 0.2) is 11.1 Å². The van der Waals surface area contributed by atoms with Crippen molar-refractivity contribution in [3.05, 3.63) is 16.7 Å². The highest BCUT2D eigenvalue weighted by atomic mass is 32.2. The Morgan fingerprint density at radius 3 is 2.63 bits per heavy atom. The van der Waals surface area contributed by atoms with Crippen LogP contribution in [-0.2, 0) is 23.8 Å². The van der Waals surface area contributed by atoms with Crippen LogP contribution in [0.2, 0.25) is 0 Å². The number of hydrogen-bond acceptors (Lipinski definition) is 10. The number of carbonyl (C=O) groups excluding carboxylic acids is 2. The highest BCUT2D eigenvalue weighted by Gasteiger charge is 2.50. The van der Waals surface area contributed by atoms with Crippen molar-refractivity contribution in [2.45, 2.75) is 38.4 Å². The highest BCUT2D eigenvalue weighted by Crippen LogP contribution is 2.36. The lowest BCUT2D eigenvalue weighted by Gasteiger charge is -2.23. The number of anilines is 1. The van der Waals surface area contributed by atoms with Crippen molar-refractivity contribution in [1.29, 1.82) is 0 Å². The van der Waals surface area contributed by atoms with Gasteiger partial charge in [-0.25, -0.2) is 4.98 Å². The third-order valence-electron chi connectivity index (χ3n) is 3.95. The van der Waals surface area contributed by atoms with Gasteiger partial charge in [-0.15, -0.1) is 0 Å². The van der Waals surface area contributed by atoms with Gasteiger partial charge in [-0.05, 0) is 6.26 Å². The predicted octanol–water partition coefficient (Wildman–Crippen LogP) is -0.174. The van der Waals surface area contributed by atoms with Crippen LogP contribution in [0.25, 0.3) is 11.2 Å². The fraction of sp³-hybridized carbons (Fsp3) is 0.533. The van der Waals surface area contributed by atoms with Gasteiger partial charge in [0, 0.05) is 19.6 Å². The van der Waals surface area contributed by atoms with Crippen molar-refractivity contribution in [3.63, 3.8) is 0 Å². The first kappa shape index (κ1) is 19.2. The molecule has 1 fully saturated rings. The number of carbonyl (C=O) groups is 2. The van der Waals surface area contributed by atoms with Crippen molar-refractivity contribution in [2.75, 3.05) is 17.7 Å². The van der Waals surface area contributed by atoms with Crippen molar-refractivity contribution < 1.29 is 23.8 Å². The zero-order valence-corrected chi connectivity index (χ0v) is 15.7. The Morgan fingerprint density at radius 2 is 2.00 bits per heavy atom. The van der Waals surface area contributed by atoms with E-state index in [0.717, 1.165) is 0 Å². The summed E-state index contributed by atoms with van der Waals surface area (Å²) in [5, 5.41) is 0. The minimum absolute atomic E-state index is 0.0618. The Morgan fingerprint density at radius 1 is 1.33 bits per heavy atom. The van der Waals surface area contributed by atoms with Gasteiger partial charge >= 0.3 is 11.9 Å². The molecule has 0 amide bonds. The quantitative estimate of drug-likeness (QED) is 0.650. The number of nitrogens with one attached hydrogen (secondary N) is 1. The fourth-order valence-corrected chi connectivity index (χ4v) is 3.61. The summed E-state index contributed by atoms with van der Waals surface area (Å²) in [5.74, 6) is -0.685. The van der Waals surface area contributed by atoms with Gasteiger partial charge in [0.25, 0.3) is 5.56 Å². The van der Waals surface area contributed by atoms with E-state index in [0.29, 0.717) is 5.75 Å². The number of aromatic amines is 1. The Bertz CT molecular complexity index is 927. The van der Waals surface area contributed by atoms with Gasteiger partial charge in [0.15, 0.2) is 29.6 Å². The molecule has 0 aromatic carbocycles. The first-order valence-corrected chi connectivity index (χ1v) is 9.42. The molecule has 0 spiro atoms. The van der Waals surface area contributed by atoms with Gasteiger partial charge in [-0.3, -0.25) is 23.9 Å². The number of H-pyrrole nitrogens is 1. The molecule has 0 aliphatic carbocycles. The number of aromatic nitrogens is 4. The Hall–Kier alpha value is -2.60. The monoisotopic (exact) mass is 397 g/mol. The average Bonchev–Trinajstić information content (AvgIpc) is 3.10. The zero-order valence-electron chi connectivity index (χ0n) is 14.9. The lowest BCUT2D eigenvalue weighted by molar-refractivity contribution is -0.165. The summed E-state index contributed by atoms with van der Waals surface area (Å²) < 4.78 is 18.2. The molecule has 27 heavy (non-hydrogen) atoms. The number of fused-ring (bicyclic) bond motifs is 1. The number of nitrogens with two attached hydrogens (primary N) is 1. The van der Waals surface area contributed by atoms with Gasteiger partial charge in [0.2, 0.25) is 5.95 Å². The molecule has 1 aliphatic heterocycles. The smallest absolute Gasteiger partial charge is 0.303 e. The van der Waals surface area contributed by atoms with E-state index in [1.165, 1.54) is 36.5 Å². The number of ether oxygens (including phenoxy) is 3. The molecular formula is C15H19N5O6S. The summed E-state index contributed by atoms with van der Waals surface area (Å²) in [4.78, 5) is 45.7. The summed E-state index contributed by atoms with van der Waals surface area (Å²) in [6, 6.07) is 0. The molecule has 2 aromatic rings. The number of nitrogen functional groups attached to an aromatic ring is 1. The summed E-state index contributed by atoms with van der Waals surface area (Å²) >= 11 is 1.49. The zero-order chi connectivity index (χ0) is 19.7. The molecule has 0 unspecified atom stereocenters. The van der Waals surface area contributed by atoms with E-state index in [-0.39, 0.29) is 17.1 Å². The molecule has 146 valence electrons.